The van der Waals surface area contributed by atoms with E-state index in [4.69, 9.17) is 11.6 Å². The molecule has 0 atom stereocenters. The molecule has 0 saturated heterocycles. The first-order valence-corrected chi connectivity index (χ1v) is 5.17. The lowest BCUT2D eigenvalue weighted by Crippen LogP contribution is -2.04. The van der Waals surface area contributed by atoms with E-state index in [1.807, 2.05) is 18.7 Å². The van der Waals surface area contributed by atoms with Gasteiger partial charge in [0.05, 0.1) is 11.6 Å². The van der Waals surface area contributed by atoms with Crippen LogP contribution in [0.5, 0.6) is 0 Å². The fourth-order valence-electron chi connectivity index (χ4n) is 1.81. The van der Waals surface area contributed by atoms with Crippen molar-refractivity contribution in [3.8, 4) is 0 Å². The van der Waals surface area contributed by atoms with E-state index in [0.29, 0.717) is 5.88 Å². The second-order valence-electron chi connectivity index (χ2n) is 3.29. The van der Waals surface area contributed by atoms with E-state index in [0.717, 1.165) is 29.2 Å². The van der Waals surface area contributed by atoms with Crippen molar-refractivity contribution < 1.29 is 0 Å². The number of hydrogen-bond donors (Lipinski definition) is 0. The molecule has 76 valence electrons. The summed E-state index contributed by atoms with van der Waals surface area (Å²) in [6.45, 7) is 4.92. The third-order valence-electron chi connectivity index (χ3n) is 2.40. The molecule has 0 saturated carbocycles. The van der Waals surface area contributed by atoms with E-state index in [1.54, 1.807) is 0 Å². The molecule has 0 aliphatic heterocycles. The molecule has 0 aliphatic carbocycles. The highest BCUT2D eigenvalue weighted by atomic mass is 35.5. The summed E-state index contributed by atoms with van der Waals surface area (Å²) >= 11 is 5.83. The van der Waals surface area contributed by atoms with Crippen LogP contribution in [0.15, 0.2) is 0 Å². The lowest BCUT2D eigenvalue weighted by molar-refractivity contribution is 0.686. The lowest BCUT2D eigenvalue weighted by atomic mass is 10.4. The molecule has 14 heavy (non-hydrogen) atoms. The summed E-state index contributed by atoms with van der Waals surface area (Å²) in [5.41, 5.74) is 2.98. The Morgan fingerprint density at radius 1 is 1.43 bits per heavy atom. The Hall–Kier alpha value is -1.03. The first kappa shape index (κ1) is 9.52. The third-order valence-corrected chi connectivity index (χ3v) is 2.64. The van der Waals surface area contributed by atoms with E-state index >= 15 is 0 Å². The van der Waals surface area contributed by atoms with Crippen LogP contribution in [0, 0.1) is 6.92 Å². The largest absolute Gasteiger partial charge is 0.312 e. The van der Waals surface area contributed by atoms with Crippen molar-refractivity contribution in [3.05, 3.63) is 11.5 Å². The van der Waals surface area contributed by atoms with Gasteiger partial charge in [-0.25, -0.2) is 4.98 Å². The molecule has 0 fully saturated rings. The molecular formula is C9H13ClN4. The predicted molar refractivity (Wildman–Crippen MR) is 56.5 cm³/mol. The van der Waals surface area contributed by atoms with Crippen molar-refractivity contribution in [2.75, 3.05) is 0 Å². The van der Waals surface area contributed by atoms with Crippen LogP contribution in [0.2, 0.25) is 0 Å². The Bertz CT molecular complexity index is 469. The number of rotatable bonds is 2. The summed E-state index contributed by atoms with van der Waals surface area (Å²) in [4.78, 5) is 4.47. The van der Waals surface area contributed by atoms with Gasteiger partial charge in [0.15, 0.2) is 5.65 Å². The monoisotopic (exact) mass is 212 g/mol. The lowest BCUT2D eigenvalue weighted by Gasteiger charge is -2.03. The fraction of sp³-hybridized carbons (Fsp3) is 0.556. The topological polar surface area (TPSA) is 35.6 Å². The average Bonchev–Trinajstić information content (AvgIpc) is 2.66. The number of halogens is 1. The number of hydrogen-bond acceptors (Lipinski definition) is 2. The molecule has 2 heterocycles. The summed E-state index contributed by atoms with van der Waals surface area (Å²) in [7, 11) is 1.93. The van der Waals surface area contributed by atoms with Crippen LogP contribution >= 0.6 is 11.6 Å². The second kappa shape index (κ2) is 3.28. The molecule has 0 unspecified atom stereocenters. The Labute approximate surface area is 87.5 Å². The zero-order chi connectivity index (χ0) is 10.3. The Balaban J connectivity index is 2.81. The number of aromatic nitrogens is 4. The minimum atomic E-state index is 0.446. The number of alkyl halides is 1. The van der Waals surface area contributed by atoms with Crippen LogP contribution in [-0.2, 0) is 19.5 Å². The van der Waals surface area contributed by atoms with Gasteiger partial charge >= 0.3 is 0 Å². The summed E-state index contributed by atoms with van der Waals surface area (Å²) in [5, 5.41) is 4.32. The van der Waals surface area contributed by atoms with Gasteiger partial charge in [-0.2, -0.15) is 5.10 Å². The van der Waals surface area contributed by atoms with Gasteiger partial charge in [0, 0.05) is 13.6 Å². The molecule has 2 rings (SSSR count). The van der Waals surface area contributed by atoms with Crippen LogP contribution in [0.3, 0.4) is 0 Å². The van der Waals surface area contributed by atoms with E-state index in [2.05, 4.69) is 21.6 Å². The summed E-state index contributed by atoms with van der Waals surface area (Å²) in [6, 6.07) is 0. The van der Waals surface area contributed by atoms with Gasteiger partial charge in [-0.15, -0.1) is 11.6 Å². The van der Waals surface area contributed by atoms with E-state index in [-0.39, 0.29) is 0 Å². The van der Waals surface area contributed by atoms with Gasteiger partial charge in [-0.3, -0.25) is 4.68 Å². The van der Waals surface area contributed by atoms with Crippen molar-refractivity contribution in [2.24, 2.45) is 7.05 Å². The Kier molecular flexibility index (Phi) is 2.23. The molecule has 0 aromatic carbocycles. The zero-order valence-electron chi connectivity index (χ0n) is 8.58. The highest BCUT2D eigenvalue weighted by Crippen LogP contribution is 2.19. The number of imidazole rings is 1. The van der Waals surface area contributed by atoms with Crippen LogP contribution in [-0.4, -0.2) is 19.3 Å². The number of nitrogens with zero attached hydrogens (tertiary/aromatic N) is 4. The molecule has 0 bridgehead atoms. The molecule has 0 amide bonds. The maximum atomic E-state index is 5.83. The first-order valence-electron chi connectivity index (χ1n) is 4.63. The third kappa shape index (κ3) is 1.14. The van der Waals surface area contributed by atoms with E-state index in [9.17, 15) is 0 Å². The smallest absolute Gasteiger partial charge is 0.158 e. The van der Waals surface area contributed by atoms with Gasteiger partial charge < -0.3 is 4.57 Å². The summed E-state index contributed by atoms with van der Waals surface area (Å²) in [6.07, 6.45) is 0. The van der Waals surface area contributed by atoms with Gasteiger partial charge in [0.25, 0.3) is 0 Å². The molecule has 0 spiro atoms. The van der Waals surface area contributed by atoms with Gasteiger partial charge in [0.1, 0.15) is 11.3 Å². The van der Waals surface area contributed by atoms with Crippen molar-refractivity contribution in [2.45, 2.75) is 26.3 Å². The molecule has 5 heteroatoms. The van der Waals surface area contributed by atoms with Crippen molar-refractivity contribution in [1.82, 2.24) is 19.3 Å². The minimum Gasteiger partial charge on any atom is -0.312 e. The highest BCUT2D eigenvalue weighted by molar-refractivity contribution is 6.16. The molecule has 0 N–H and O–H groups in total. The zero-order valence-corrected chi connectivity index (χ0v) is 9.34. The number of fused-ring (bicyclic) bond motifs is 1. The molecule has 2 aromatic heterocycles. The fourth-order valence-corrected chi connectivity index (χ4v) is 2.02. The average molecular weight is 213 g/mol. The SMILES string of the molecule is CCn1c(CCl)nc2c(C)nn(C)c21. The van der Waals surface area contributed by atoms with Crippen LogP contribution in [0.25, 0.3) is 11.2 Å². The van der Waals surface area contributed by atoms with Crippen molar-refractivity contribution in [1.29, 1.82) is 0 Å². The quantitative estimate of drug-likeness (QED) is 0.713. The van der Waals surface area contributed by atoms with E-state index in [1.165, 1.54) is 0 Å². The number of aryl methyl sites for hydroxylation is 3. The molecule has 0 aliphatic rings. The summed E-state index contributed by atoms with van der Waals surface area (Å²) < 4.78 is 3.96. The van der Waals surface area contributed by atoms with Gasteiger partial charge in [-0.1, -0.05) is 0 Å². The van der Waals surface area contributed by atoms with Crippen LogP contribution < -0.4 is 0 Å². The molecule has 4 nitrogen and oxygen atoms in total. The maximum Gasteiger partial charge on any atom is 0.158 e. The second-order valence-corrected chi connectivity index (χ2v) is 3.55. The van der Waals surface area contributed by atoms with Crippen LogP contribution in [0.4, 0.5) is 0 Å². The van der Waals surface area contributed by atoms with Gasteiger partial charge in [0.2, 0.25) is 0 Å². The maximum absolute atomic E-state index is 5.83. The first-order chi connectivity index (χ1) is 6.69. The van der Waals surface area contributed by atoms with Crippen molar-refractivity contribution >= 4 is 22.8 Å². The molecular weight excluding hydrogens is 200 g/mol. The minimum absolute atomic E-state index is 0.446. The van der Waals surface area contributed by atoms with E-state index < -0.39 is 0 Å². The summed E-state index contributed by atoms with van der Waals surface area (Å²) in [5.74, 6) is 1.36. The molecule has 2 aromatic rings. The van der Waals surface area contributed by atoms with Crippen LogP contribution in [0.1, 0.15) is 18.4 Å². The molecule has 0 radical (unpaired) electrons. The Morgan fingerprint density at radius 3 is 2.71 bits per heavy atom. The highest BCUT2D eigenvalue weighted by Gasteiger charge is 2.14. The standard InChI is InChI=1S/C9H13ClN4/c1-4-14-7(5-10)11-8-6(2)12-13(3)9(8)14/h4-5H2,1-3H3. The van der Waals surface area contributed by atoms with Gasteiger partial charge in [-0.05, 0) is 13.8 Å². The van der Waals surface area contributed by atoms with Crippen molar-refractivity contribution in [3.63, 3.8) is 0 Å². The normalized spacial score (nSPS) is 11.4. The Morgan fingerprint density at radius 2 is 2.14 bits per heavy atom. The predicted octanol–water partition coefficient (Wildman–Crippen LogP) is 1.84.